The fraction of sp³-hybridized carbons (Fsp3) is 0.455. The first-order valence-corrected chi connectivity index (χ1v) is 8.51. The van der Waals surface area contributed by atoms with Crippen LogP contribution in [-0.4, -0.2) is 37.3 Å². The molecule has 1 aromatic rings. The van der Waals surface area contributed by atoms with E-state index in [1.807, 2.05) is 0 Å². The molecule has 18 heavy (non-hydrogen) atoms. The van der Waals surface area contributed by atoms with Crippen LogP contribution in [0.2, 0.25) is 5.02 Å². The van der Waals surface area contributed by atoms with Crippen molar-refractivity contribution in [1.82, 2.24) is 4.31 Å². The third-order valence-electron chi connectivity index (χ3n) is 3.05. The number of thioether (sulfide) groups is 1. The Kier molecular flexibility index (Phi) is 4.11. The van der Waals surface area contributed by atoms with E-state index in [0.29, 0.717) is 0 Å². The number of hydrogen-bond donors (Lipinski definition) is 1. The Bertz CT molecular complexity index is 522. The Morgan fingerprint density at radius 1 is 1.50 bits per heavy atom. The molecule has 1 heterocycles. The second-order valence-electron chi connectivity index (χ2n) is 4.20. The van der Waals surface area contributed by atoms with Gasteiger partial charge in [0.15, 0.2) is 0 Å². The lowest BCUT2D eigenvalue weighted by Crippen LogP contribution is -2.37. The minimum Gasteiger partial charge on any atom is -0.398 e. The molecule has 1 unspecified atom stereocenters. The normalized spacial score (nSPS) is 20.5. The maximum atomic E-state index is 12.5. The molecule has 1 saturated heterocycles. The van der Waals surface area contributed by atoms with E-state index < -0.39 is 10.0 Å². The second kappa shape index (κ2) is 5.28. The number of nitrogens with two attached hydrogens (primary N) is 1. The number of nitrogen functional groups attached to an aromatic ring is 1. The molecule has 0 aliphatic carbocycles. The third-order valence-corrected chi connectivity index (χ3v) is 6.65. The summed E-state index contributed by atoms with van der Waals surface area (Å²) in [4.78, 5) is 0.0195. The molecule has 0 bridgehead atoms. The molecule has 1 aliphatic rings. The van der Waals surface area contributed by atoms with Crippen molar-refractivity contribution in [3.05, 3.63) is 23.2 Å². The average molecular weight is 307 g/mol. The number of benzene rings is 1. The van der Waals surface area contributed by atoms with Gasteiger partial charge >= 0.3 is 0 Å². The zero-order valence-corrected chi connectivity index (χ0v) is 12.4. The SMILES string of the molecule is CN(C1CCSC1)S(=O)(=O)c1c(N)cccc1Cl. The molecule has 2 rings (SSSR count). The van der Waals surface area contributed by atoms with Crippen LogP contribution in [-0.2, 0) is 10.0 Å². The molecule has 7 heteroatoms. The summed E-state index contributed by atoms with van der Waals surface area (Å²) in [7, 11) is -2.03. The first-order valence-electron chi connectivity index (χ1n) is 5.54. The maximum absolute atomic E-state index is 12.5. The minimum absolute atomic E-state index is 0.0195. The zero-order chi connectivity index (χ0) is 13.3. The van der Waals surface area contributed by atoms with E-state index in [0.717, 1.165) is 17.9 Å². The smallest absolute Gasteiger partial charge is 0.246 e. The Labute approximate surface area is 117 Å². The summed E-state index contributed by atoms with van der Waals surface area (Å²) in [6.07, 6.45) is 0.866. The van der Waals surface area contributed by atoms with Crippen LogP contribution in [0.25, 0.3) is 0 Å². The highest BCUT2D eigenvalue weighted by molar-refractivity contribution is 7.99. The molecule has 0 spiro atoms. The van der Waals surface area contributed by atoms with Crippen LogP contribution in [0.15, 0.2) is 23.1 Å². The van der Waals surface area contributed by atoms with E-state index in [9.17, 15) is 8.42 Å². The third kappa shape index (κ3) is 2.47. The van der Waals surface area contributed by atoms with E-state index in [1.165, 1.54) is 4.31 Å². The molecule has 0 radical (unpaired) electrons. The van der Waals surface area contributed by atoms with Crippen LogP contribution in [0, 0.1) is 0 Å². The van der Waals surface area contributed by atoms with Crippen LogP contribution in [0.1, 0.15) is 6.42 Å². The topological polar surface area (TPSA) is 63.4 Å². The van der Waals surface area contributed by atoms with Crippen molar-refractivity contribution in [1.29, 1.82) is 0 Å². The van der Waals surface area contributed by atoms with Crippen molar-refractivity contribution in [2.45, 2.75) is 17.4 Å². The van der Waals surface area contributed by atoms with Gasteiger partial charge in [0.2, 0.25) is 10.0 Å². The Morgan fingerprint density at radius 2 is 2.22 bits per heavy atom. The molecule has 0 amide bonds. The summed E-state index contributed by atoms with van der Waals surface area (Å²) < 4.78 is 26.4. The van der Waals surface area contributed by atoms with Crippen molar-refractivity contribution >= 4 is 39.1 Å². The molecule has 2 N–H and O–H groups in total. The Morgan fingerprint density at radius 3 is 2.78 bits per heavy atom. The fourth-order valence-corrected chi connectivity index (χ4v) is 5.32. The maximum Gasteiger partial charge on any atom is 0.246 e. The monoisotopic (exact) mass is 306 g/mol. The highest BCUT2D eigenvalue weighted by atomic mass is 35.5. The van der Waals surface area contributed by atoms with Gasteiger partial charge in [-0.1, -0.05) is 17.7 Å². The van der Waals surface area contributed by atoms with Gasteiger partial charge in [-0.3, -0.25) is 0 Å². The van der Waals surface area contributed by atoms with E-state index in [4.69, 9.17) is 17.3 Å². The molecular weight excluding hydrogens is 292 g/mol. The molecule has 0 aromatic heterocycles. The number of halogens is 1. The second-order valence-corrected chi connectivity index (χ2v) is 7.69. The van der Waals surface area contributed by atoms with Gasteiger partial charge in [0.1, 0.15) is 4.90 Å². The summed E-state index contributed by atoms with van der Waals surface area (Å²) in [6.45, 7) is 0. The standard InChI is InChI=1S/C11H15ClN2O2S2/c1-14(8-5-6-17-7-8)18(15,16)11-9(12)3-2-4-10(11)13/h2-4,8H,5-7,13H2,1H3. The number of anilines is 1. The highest BCUT2D eigenvalue weighted by Crippen LogP contribution is 2.32. The number of nitrogens with zero attached hydrogens (tertiary/aromatic N) is 1. The lowest BCUT2D eigenvalue weighted by Gasteiger charge is -2.24. The summed E-state index contributed by atoms with van der Waals surface area (Å²) in [5.74, 6) is 1.81. The van der Waals surface area contributed by atoms with Gasteiger partial charge in [0.25, 0.3) is 0 Å². The van der Waals surface area contributed by atoms with Gasteiger partial charge in [0.05, 0.1) is 10.7 Å². The molecule has 100 valence electrons. The molecular formula is C11H15ClN2O2S2. The first kappa shape index (κ1) is 14.0. The van der Waals surface area contributed by atoms with Crippen LogP contribution in [0.3, 0.4) is 0 Å². The van der Waals surface area contributed by atoms with Crippen molar-refractivity contribution in [3.8, 4) is 0 Å². The zero-order valence-electron chi connectivity index (χ0n) is 9.97. The highest BCUT2D eigenvalue weighted by Gasteiger charge is 2.32. The van der Waals surface area contributed by atoms with E-state index in [-0.39, 0.29) is 21.6 Å². The van der Waals surface area contributed by atoms with E-state index in [1.54, 1.807) is 37.0 Å². The summed E-state index contributed by atoms with van der Waals surface area (Å²) >= 11 is 7.73. The van der Waals surface area contributed by atoms with Crippen LogP contribution >= 0.6 is 23.4 Å². The average Bonchev–Trinajstić information content (AvgIpc) is 2.80. The lowest BCUT2D eigenvalue weighted by molar-refractivity contribution is 0.395. The molecule has 1 aliphatic heterocycles. The number of sulfonamides is 1. The molecule has 1 aromatic carbocycles. The predicted octanol–water partition coefficient (Wildman–Crippen LogP) is 2.05. The van der Waals surface area contributed by atoms with Crippen molar-refractivity contribution < 1.29 is 8.42 Å². The van der Waals surface area contributed by atoms with Crippen molar-refractivity contribution in [2.24, 2.45) is 0 Å². The van der Waals surface area contributed by atoms with Gasteiger partial charge in [-0.05, 0) is 24.3 Å². The minimum atomic E-state index is -3.62. The van der Waals surface area contributed by atoms with Crippen molar-refractivity contribution in [2.75, 3.05) is 24.3 Å². The summed E-state index contributed by atoms with van der Waals surface area (Å²) in [5, 5.41) is 0.174. The largest absolute Gasteiger partial charge is 0.398 e. The summed E-state index contributed by atoms with van der Waals surface area (Å²) in [5.41, 5.74) is 5.94. The first-order chi connectivity index (χ1) is 8.44. The fourth-order valence-electron chi connectivity index (χ4n) is 1.95. The molecule has 0 saturated carbocycles. The van der Waals surface area contributed by atoms with Gasteiger partial charge in [0, 0.05) is 18.8 Å². The van der Waals surface area contributed by atoms with E-state index >= 15 is 0 Å². The van der Waals surface area contributed by atoms with Crippen LogP contribution in [0.5, 0.6) is 0 Å². The van der Waals surface area contributed by atoms with Gasteiger partial charge in [-0.15, -0.1) is 0 Å². The number of hydrogen-bond acceptors (Lipinski definition) is 4. The summed E-state index contributed by atoms with van der Waals surface area (Å²) in [6, 6.07) is 4.76. The van der Waals surface area contributed by atoms with Crippen LogP contribution < -0.4 is 5.73 Å². The Hall–Kier alpha value is -0.430. The van der Waals surface area contributed by atoms with Gasteiger partial charge in [-0.25, -0.2) is 8.42 Å². The molecule has 1 fully saturated rings. The predicted molar refractivity (Wildman–Crippen MR) is 76.5 cm³/mol. The van der Waals surface area contributed by atoms with Gasteiger partial charge < -0.3 is 5.73 Å². The van der Waals surface area contributed by atoms with Crippen molar-refractivity contribution in [3.63, 3.8) is 0 Å². The Balaban J connectivity index is 2.41. The molecule has 1 atom stereocenters. The molecule has 4 nitrogen and oxygen atoms in total. The quantitative estimate of drug-likeness (QED) is 0.868. The lowest BCUT2D eigenvalue weighted by atomic mass is 10.3. The van der Waals surface area contributed by atoms with Gasteiger partial charge in [-0.2, -0.15) is 16.1 Å². The van der Waals surface area contributed by atoms with Crippen LogP contribution in [0.4, 0.5) is 5.69 Å². The number of rotatable bonds is 3. The van der Waals surface area contributed by atoms with E-state index in [2.05, 4.69) is 0 Å².